The predicted molar refractivity (Wildman–Crippen MR) is 132 cm³/mol. The van der Waals surface area contributed by atoms with Crippen molar-refractivity contribution in [2.75, 3.05) is 4.72 Å². The van der Waals surface area contributed by atoms with Crippen LogP contribution in [-0.4, -0.2) is 19.2 Å². The third-order valence-corrected chi connectivity index (χ3v) is 7.58. The topological polar surface area (TPSA) is 66.5 Å². The summed E-state index contributed by atoms with van der Waals surface area (Å²) in [5, 5.41) is 0. The molecule has 190 valence electrons. The number of rotatable bonds is 5. The number of hydrogen-bond acceptors (Lipinski definition) is 3. The van der Waals surface area contributed by atoms with Crippen LogP contribution in [0, 0.1) is 0 Å². The number of carbonyl (C=O) groups excluding carboxylic acids is 1. The summed E-state index contributed by atoms with van der Waals surface area (Å²) in [6.45, 7) is 7.06. The van der Waals surface area contributed by atoms with Crippen molar-refractivity contribution in [1.82, 2.24) is 4.90 Å². The fourth-order valence-electron chi connectivity index (χ4n) is 4.06. The number of halogens is 3. The quantitative estimate of drug-likeness (QED) is 0.460. The standard InChI is InChI=1S/C27H27F3N2O3S/c1-26(2,3)21-7-4-18(5-8-21)14-25(33)32-16-19-6-13-24(15-20(19)17-32)36(34,35)31-23-11-9-22(10-12-23)27(28,29)30/h4-13,15,31H,14,16-17H2,1-3H3. The van der Waals surface area contributed by atoms with Gasteiger partial charge in [0.15, 0.2) is 0 Å². The predicted octanol–water partition coefficient (Wildman–Crippen LogP) is 5.89. The van der Waals surface area contributed by atoms with Gasteiger partial charge in [-0.05, 0) is 64.1 Å². The monoisotopic (exact) mass is 516 g/mol. The van der Waals surface area contributed by atoms with E-state index in [1.54, 1.807) is 11.0 Å². The molecule has 1 aliphatic rings. The summed E-state index contributed by atoms with van der Waals surface area (Å²) in [6, 6.07) is 16.4. The minimum absolute atomic E-state index is 0.0202. The first-order valence-electron chi connectivity index (χ1n) is 11.4. The minimum atomic E-state index is -4.50. The third kappa shape index (κ3) is 5.73. The Morgan fingerprint density at radius 3 is 2.03 bits per heavy atom. The van der Waals surface area contributed by atoms with Crippen molar-refractivity contribution in [2.45, 2.75) is 56.8 Å². The van der Waals surface area contributed by atoms with Crippen LogP contribution >= 0.6 is 0 Å². The normalized spacial score (nSPS) is 14.0. The van der Waals surface area contributed by atoms with E-state index in [4.69, 9.17) is 0 Å². The van der Waals surface area contributed by atoms with Gasteiger partial charge in [-0.3, -0.25) is 9.52 Å². The molecular formula is C27H27F3N2O3S. The highest BCUT2D eigenvalue weighted by molar-refractivity contribution is 7.92. The van der Waals surface area contributed by atoms with Crippen LogP contribution in [0.4, 0.5) is 18.9 Å². The van der Waals surface area contributed by atoms with Crippen LogP contribution in [0.1, 0.15) is 48.6 Å². The van der Waals surface area contributed by atoms with Crippen molar-refractivity contribution in [3.05, 3.63) is 94.5 Å². The molecule has 4 rings (SSSR count). The van der Waals surface area contributed by atoms with Gasteiger partial charge in [0.2, 0.25) is 5.91 Å². The number of anilines is 1. The molecule has 3 aromatic rings. The maximum absolute atomic E-state index is 12.9. The summed E-state index contributed by atoms with van der Waals surface area (Å²) in [7, 11) is -4.02. The fourth-order valence-corrected chi connectivity index (χ4v) is 5.17. The van der Waals surface area contributed by atoms with Gasteiger partial charge in [0, 0.05) is 18.8 Å². The molecule has 0 spiro atoms. The highest BCUT2D eigenvalue weighted by atomic mass is 32.2. The molecule has 0 saturated carbocycles. The summed E-state index contributed by atoms with van der Waals surface area (Å²) >= 11 is 0. The second-order valence-electron chi connectivity index (χ2n) is 9.98. The molecule has 0 fully saturated rings. The minimum Gasteiger partial charge on any atom is -0.334 e. The molecule has 0 unspecified atom stereocenters. The van der Waals surface area contributed by atoms with E-state index in [1.165, 1.54) is 17.7 Å². The number of hydrogen-bond donors (Lipinski definition) is 1. The molecular weight excluding hydrogens is 489 g/mol. The number of benzene rings is 3. The van der Waals surface area contributed by atoms with Gasteiger partial charge >= 0.3 is 6.18 Å². The van der Waals surface area contributed by atoms with Crippen LogP contribution in [0.3, 0.4) is 0 Å². The van der Waals surface area contributed by atoms with Gasteiger partial charge in [0.1, 0.15) is 0 Å². The molecule has 36 heavy (non-hydrogen) atoms. The second-order valence-corrected chi connectivity index (χ2v) is 11.7. The first-order valence-corrected chi connectivity index (χ1v) is 12.9. The molecule has 3 aromatic carbocycles. The van der Waals surface area contributed by atoms with Crippen LogP contribution < -0.4 is 4.72 Å². The summed E-state index contributed by atoms with van der Waals surface area (Å²) in [5.74, 6) is -0.0537. The molecule has 0 bridgehead atoms. The van der Waals surface area contributed by atoms with Crippen molar-refractivity contribution >= 4 is 21.6 Å². The Morgan fingerprint density at radius 1 is 0.861 bits per heavy atom. The van der Waals surface area contributed by atoms with Crippen LogP contribution in [0.2, 0.25) is 0 Å². The third-order valence-electron chi connectivity index (χ3n) is 6.20. The van der Waals surface area contributed by atoms with Crippen molar-refractivity contribution in [2.24, 2.45) is 0 Å². The number of fused-ring (bicyclic) bond motifs is 1. The molecule has 1 amide bonds. The maximum atomic E-state index is 12.9. The van der Waals surface area contributed by atoms with Gasteiger partial charge in [-0.25, -0.2) is 8.42 Å². The lowest BCUT2D eigenvalue weighted by Gasteiger charge is -2.19. The molecule has 5 nitrogen and oxygen atoms in total. The Balaban J connectivity index is 1.43. The maximum Gasteiger partial charge on any atom is 0.416 e. The summed E-state index contributed by atoms with van der Waals surface area (Å²) in [5.41, 5.74) is 2.87. The zero-order chi connectivity index (χ0) is 26.3. The highest BCUT2D eigenvalue weighted by Crippen LogP contribution is 2.31. The molecule has 0 aromatic heterocycles. The molecule has 0 aliphatic carbocycles. The average Bonchev–Trinajstić information content (AvgIpc) is 3.22. The van der Waals surface area contributed by atoms with Gasteiger partial charge in [-0.2, -0.15) is 13.2 Å². The van der Waals surface area contributed by atoms with E-state index in [0.29, 0.717) is 6.54 Å². The van der Waals surface area contributed by atoms with Gasteiger partial charge in [0.05, 0.1) is 16.9 Å². The lowest BCUT2D eigenvalue weighted by molar-refractivity contribution is -0.137. The average molecular weight is 517 g/mol. The molecule has 0 radical (unpaired) electrons. The summed E-state index contributed by atoms with van der Waals surface area (Å²) in [6.07, 6.45) is -4.25. The molecule has 9 heteroatoms. The number of alkyl halides is 3. The number of carbonyl (C=O) groups is 1. The molecule has 1 heterocycles. The lowest BCUT2D eigenvalue weighted by Crippen LogP contribution is -2.26. The lowest BCUT2D eigenvalue weighted by atomic mass is 9.86. The van der Waals surface area contributed by atoms with Gasteiger partial charge < -0.3 is 4.90 Å². The first-order chi connectivity index (χ1) is 16.7. The summed E-state index contributed by atoms with van der Waals surface area (Å²) in [4.78, 5) is 14.6. The van der Waals surface area contributed by atoms with E-state index < -0.39 is 21.8 Å². The Morgan fingerprint density at radius 2 is 1.44 bits per heavy atom. The van der Waals surface area contributed by atoms with E-state index in [-0.39, 0.29) is 34.9 Å². The van der Waals surface area contributed by atoms with Crippen molar-refractivity contribution in [1.29, 1.82) is 0 Å². The fraction of sp³-hybridized carbons (Fsp3) is 0.296. The van der Waals surface area contributed by atoms with E-state index >= 15 is 0 Å². The Bertz CT molecular complexity index is 1380. The van der Waals surface area contributed by atoms with Crippen molar-refractivity contribution in [3.63, 3.8) is 0 Å². The Hall–Kier alpha value is -3.33. The van der Waals surface area contributed by atoms with Crippen LogP contribution in [0.25, 0.3) is 0 Å². The number of nitrogens with zero attached hydrogens (tertiary/aromatic N) is 1. The van der Waals surface area contributed by atoms with Crippen molar-refractivity contribution in [3.8, 4) is 0 Å². The van der Waals surface area contributed by atoms with Crippen molar-refractivity contribution < 1.29 is 26.4 Å². The van der Waals surface area contributed by atoms with Crippen LogP contribution in [0.5, 0.6) is 0 Å². The highest BCUT2D eigenvalue weighted by Gasteiger charge is 2.30. The van der Waals surface area contributed by atoms with E-state index in [2.05, 4.69) is 25.5 Å². The van der Waals surface area contributed by atoms with Gasteiger partial charge in [-0.1, -0.05) is 51.1 Å². The van der Waals surface area contributed by atoms with Gasteiger partial charge in [-0.15, -0.1) is 0 Å². The van der Waals surface area contributed by atoms with Gasteiger partial charge in [0.25, 0.3) is 10.0 Å². The number of nitrogens with one attached hydrogen (secondary N) is 1. The largest absolute Gasteiger partial charge is 0.416 e. The zero-order valence-corrected chi connectivity index (χ0v) is 21.0. The van der Waals surface area contributed by atoms with Crippen LogP contribution in [-0.2, 0) is 45.9 Å². The smallest absolute Gasteiger partial charge is 0.334 e. The zero-order valence-electron chi connectivity index (χ0n) is 20.2. The van der Waals surface area contributed by atoms with E-state index in [1.807, 2.05) is 24.3 Å². The summed E-state index contributed by atoms with van der Waals surface area (Å²) < 4.78 is 66.2. The SMILES string of the molecule is CC(C)(C)c1ccc(CC(=O)N2Cc3ccc(S(=O)(=O)Nc4ccc(C(F)(F)F)cc4)cc3C2)cc1. The second kappa shape index (κ2) is 9.28. The molecule has 0 atom stereocenters. The van der Waals surface area contributed by atoms with E-state index in [0.717, 1.165) is 41.0 Å². The van der Waals surface area contributed by atoms with E-state index in [9.17, 15) is 26.4 Å². The Kier molecular flexibility index (Phi) is 6.64. The number of sulfonamides is 1. The molecule has 0 saturated heterocycles. The number of amides is 1. The molecule has 1 N–H and O–H groups in total. The Labute approximate surface area is 209 Å². The van der Waals surface area contributed by atoms with Crippen LogP contribution in [0.15, 0.2) is 71.6 Å². The first kappa shape index (κ1) is 25.8. The molecule has 1 aliphatic heterocycles.